The molecule has 1 amide bonds. The summed E-state index contributed by atoms with van der Waals surface area (Å²) in [5.41, 5.74) is 0.456. The van der Waals surface area contributed by atoms with Gasteiger partial charge in [0.15, 0.2) is 5.11 Å². The summed E-state index contributed by atoms with van der Waals surface area (Å²) in [6, 6.07) is 11.8. The molecule has 0 saturated heterocycles. The smallest absolute Gasteiger partial charge is 0.259 e. The Bertz CT molecular complexity index is 652. The lowest BCUT2D eigenvalue weighted by molar-refractivity contribution is 0.0976. The highest BCUT2D eigenvalue weighted by Gasteiger charge is 2.08. The van der Waals surface area contributed by atoms with Crippen molar-refractivity contribution in [3.63, 3.8) is 0 Å². The molecule has 2 rings (SSSR count). The van der Waals surface area contributed by atoms with Gasteiger partial charge in [-0.05, 0) is 46.3 Å². The number of rotatable bonds is 5. The van der Waals surface area contributed by atoms with Gasteiger partial charge in [-0.25, -0.2) is 0 Å². The second kappa shape index (κ2) is 8.87. The summed E-state index contributed by atoms with van der Waals surface area (Å²) in [6.07, 6.45) is 3.11. The van der Waals surface area contributed by atoms with Gasteiger partial charge in [0.25, 0.3) is 5.91 Å². The average molecular weight is 396 g/mol. The number of amides is 1. The molecule has 0 aliphatic heterocycles. The molecule has 0 fully saturated rings. The Morgan fingerprint density at radius 2 is 2.05 bits per heavy atom. The van der Waals surface area contributed by atoms with Crippen LogP contribution in [0.5, 0.6) is 0 Å². The van der Waals surface area contributed by atoms with Gasteiger partial charge in [0.1, 0.15) is 0 Å². The Labute approximate surface area is 147 Å². The van der Waals surface area contributed by atoms with E-state index < -0.39 is 0 Å². The molecule has 1 aromatic heterocycles. The molecule has 0 unspecified atom stereocenters. The Morgan fingerprint density at radius 3 is 2.77 bits per heavy atom. The van der Waals surface area contributed by atoms with Crippen LogP contribution in [-0.2, 0) is 0 Å². The maximum Gasteiger partial charge on any atom is 0.259 e. The van der Waals surface area contributed by atoms with Crippen LogP contribution in [0.25, 0.3) is 0 Å². The second-order valence-corrected chi connectivity index (χ2v) is 6.76. The fraction of sp³-hybridized carbons (Fsp3) is 0.133. The Morgan fingerprint density at radius 1 is 1.27 bits per heavy atom. The maximum absolute atomic E-state index is 12.0. The monoisotopic (exact) mass is 395 g/mol. The zero-order valence-corrected chi connectivity index (χ0v) is 14.8. The summed E-state index contributed by atoms with van der Waals surface area (Å²) in [7, 11) is 0. The van der Waals surface area contributed by atoms with E-state index >= 15 is 0 Å². The quantitative estimate of drug-likeness (QED) is 0.462. The molecule has 0 aliphatic rings. The van der Waals surface area contributed by atoms with Crippen molar-refractivity contribution in [2.45, 2.75) is 4.90 Å². The number of nitrogens with zero attached hydrogens (tertiary/aromatic N) is 1. The number of thioether (sulfide) groups is 1. The average Bonchev–Trinajstić information content (AvgIpc) is 2.52. The number of hydrogen-bond donors (Lipinski definition) is 2. The van der Waals surface area contributed by atoms with Crippen LogP contribution in [0.3, 0.4) is 0 Å². The summed E-state index contributed by atoms with van der Waals surface area (Å²) in [4.78, 5) is 17.1. The summed E-state index contributed by atoms with van der Waals surface area (Å²) in [5, 5.41) is 5.97. The van der Waals surface area contributed by atoms with Crippen molar-refractivity contribution in [1.29, 1.82) is 0 Å². The van der Waals surface area contributed by atoms with Crippen LogP contribution >= 0.6 is 39.9 Å². The minimum atomic E-state index is -0.276. The number of hydrogen-bond acceptors (Lipinski definition) is 4. The summed E-state index contributed by atoms with van der Waals surface area (Å²) < 4.78 is 0.748. The molecular weight excluding hydrogens is 382 g/mol. The van der Waals surface area contributed by atoms with Gasteiger partial charge in [0.2, 0.25) is 0 Å². The third-order valence-electron chi connectivity index (χ3n) is 2.59. The van der Waals surface area contributed by atoms with Gasteiger partial charge < -0.3 is 5.32 Å². The fourth-order valence-corrected chi connectivity index (χ4v) is 2.95. The number of carbonyl (C=O) groups is 1. The van der Waals surface area contributed by atoms with Gasteiger partial charge in [0.05, 0.1) is 5.56 Å². The number of thiocarbonyl (C=S) groups is 1. The van der Waals surface area contributed by atoms with Crippen molar-refractivity contribution in [2.75, 3.05) is 12.3 Å². The van der Waals surface area contributed by atoms with Crippen LogP contribution in [0.2, 0.25) is 0 Å². The van der Waals surface area contributed by atoms with E-state index in [0.29, 0.717) is 17.2 Å². The van der Waals surface area contributed by atoms with Crippen LogP contribution in [0.1, 0.15) is 10.4 Å². The van der Waals surface area contributed by atoms with Gasteiger partial charge in [-0.2, -0.15) is 0 Å². The molecule has 1 aromatic carbocycles. The minimum absolute atomic E-state index is 0.276. The molecule has 2 aromatic rings. The Kier molecular flexibility index (Phi) is 6.82. The molecule has 0 bridgehead atoms. The molecule has 7 heteroatoms. The molecule has 0 spiro atoms. The summed E-state index contributed by atoms with van der Waals surface area (Å²) >= 11 is 10.1. The first-order valence-electron chi connectivity index (χ1n) is 6.53. The van der Waals surface area contributed by atoms with Crippen molar-refractivity contribution in [2.24, 2.45) is 0 Å². The predicted molar refractivity (Wildman–Crippen MR) is 97.2 cm³/mol. The highest BCUT2D eigenvalue weighted by Crippen LogP contribution is 2.15. The van der Waals surface area contributed by atoms with E-state index in [1.165, 1.54) is 11.1 Å². The lowest BCUT2D eigenvalue weighted by atomic mass is 10.3. The van der Waals surface area contributed by atoms with Crippen molar-refractivity contribution < 1.29 is 4.79 Å². The number of nitrogens with one attached hydrogen (secondary N) is 2. The van der Waals surface area contributed by atoms with Gasteiger partial charge in [-0.15, -0.1) is 11.8 Å². The largest absolute Gasteiger partial charge is 0.362 e. The standard InChI is InChI=1S/C15H14BrN3OS2/c16-12-8-11(9-17-10-12)14(20)19-15(21)18-6-7-22-13-4-2-1-3-5-13/h1-5,8-10H,6-7H2,(H2,18,19,20,21). The Balaban J connectivity index is 1.70. The zero-order valence-electron chi connectivity index (χ0n) is 11.6. The van der Waals surface area contributed by atoms with Crippen LogP contribution < -0.4 is 10.6 Å². The normalized spacial score (nSPS) is 10.0. The molecular formula is C15H14BrN3OS2. The van der Waals surface area contributed by atoms with Gasteiger partial charge in [0, 0.05) is 34.1 Å². The van der Waals surface area contributed by atoms with E-state index in [2.05, 4.69) is 43.7 Å². The number of carbonyl (C=O) groups excluding carboxylic acids is 1. The van der Waals surface area contributed by atoms with Gasteiger partial charge in [-0.3, -0.25) is 15.1 Å². The summed E-state index contributed by atoms with van der Waals surface area (Å²) in [5.74, 6) is 0.584. The lowest BCUT2D eigenvalue weighted by Crippen LogP contribution is -2.40. The van der Waals surface area contributed by atoms with Crippen molar-refractivity contribution in [1.82, 2.24) is 15.6 Å². The maximum atomic E-state index is 12.0. The molecule has 4 nitrogen and oxygen atoms in total. The molecule has 114 valence electrons. The number of benzene rings is 1. The van der Waals surface area contributed by atoms with E-state index in [4.69, 9.17) is 12.2 Å². The number of aromatic nitrogens is 1. The van der Waals surface area contributed by atoms with E-state index in [1.807, 2.05) is 18.2 Å². The molecule has 0 saturated carbocycles. The van der Waals surface area contributed by atoms with Crippen LogP contribution in [-0.4, -0.2) is 28.3 Å². The second-order valence-electron chi connectivity index (χ2n) is 4.26. The molecule has 0 radical (unpaired) electrons. The zero-order chi connectivity index (χ0) is 15.8. The lowest BCUT2D eigenvalue weighted by Gasteiger charge is -2.09. The van der Waals surface area contributed by atoms with E-state index in [-0.39, 0.29) is 5.91 Å². The van der Waals surface area contributed by atoms with Crippen LogP contribution in [0.15, 0.2) is 58.2 Å². The van der Waals surface area contributed by atoms with E-state index in [0.717, 1.165) is 10.2 Å². The topological polar surface area (TPSA) is 54.0 Å². The first-order valence-corrected chi connectivity index (χ1v) is 8.71. The highest BCUT2D eigenvalue weighted by atomic mass is 79.9. The number of halogens is 1. The predicted octanol–water partition coefficient (Wildman–Crippen LogP) is 3.24. The van der Waals surface area contributed by atoms with Crippen molar-refractivity contribution in [3.05, 3.63) is 58.8 Å². The van der Waals surface area contributed by atoms with Crippen LogP contribution in [0, 0.1) is 0 Å². The van der Waals surface area contributed by atoms with Gasteiger partial charge >= 0.3 is 0 Å². The van der Waals surface area contributed by atoms with Crippen LogP contribution in [0.4, 0.5) is 0 Å². The summed E-state index contributed by atoms with van der Waals surface area (Å²) in [6.45, 7) is 0.676. The van der Waals surface area contributed by atoms with Crippen molar-refractivity contribution in [3.8, 4) is 0 Å². The molecule has 22 heavy (non-hydrogen) atoms. The first-order chi connectivity index (χ1) is 10.6. The first kappa shape index (κ1) is 16.9. The third kappa shape index (κ3) is 5.75. The third-order valence-corrected chi connectivity index (χ3v) is 4.29. The number of pyridine rings is 1. The van der Waals surface area contributed by atoms with Gasteiger partial charge in [-0.1, -0.05) is 18.2 Å². The minimum Gasteiger partial charge on any atom is -0.362 e. The van der Waals surface area contributed by atoms with E-state index in [1.54, 1.807) is 24.0 Å². The Hall–Kier alpha value is -1.44. The molecule has 0 atom stereocenters. The molecule has 1 heterocycles. The van der Waals surface area contributed by atoms with Crippen molar-refractivity contribution >= 4 is 50.9 Å². The molecule has 0 aliphatic carbocycles. The highest BCUT2D eigenvalue weighted by molar-refractivity contribution is 9.10. The fourth-order valence-electron chi connectivity index (χ4n) is 1.61. The van der Waals surface area contributed by atoms with E-state index in [9.17, 15) is 4.79 Å². The SMILES string of the molecule is O=C(NC(=S)NCCSc1ccccc1)c1cncc(Br)c1. The molecule has 2 N–H and O–H groups in total.